The predicted octanol–water partition coefficient (Wildman–Crippen LogP) is 6.57. The predicted molar refractivity (Wildman–Crippen MR) is 124 cm³/mol. The molecule has 2 atom stereocenters. The van der Waals surface area contributed by atoms with Gasteiger partial charge in [0.2, 0.25) is 0 Å². The molecule has 1 nitrogen and oxygen atoms in total. The van der Waals surface area contributed by atoms with Crippen molar-refractivity contribution in [1.82, 2.24) is 0 Å². The number of hydrogen-bond acceptors (Lipinski definition) is 1. The maximum Gasteiger partial charge on any atom is 0.364 e. The van der Waals surface area contributed by atoms with E-state index in [-0.39, 0.29) is 11.0 Å². The van der Waals surface area contributed by atoms with Crippen LogP contribution in [0.1, 0.15) is 90.3 Å². The zero-order chi connectivity index (χ0) is 20.2. The van der Waals surface area contributed by atoms with Gasteiger partial charge in [0.25, 0.3) is 0 Å². The minimum absolute atomic E-state index is 0.0436. The molecule has 2 unspecified atom stereocenters. The maximum absolute atomic E-state index is 2.58. The molecule has 27 heavy (non-hydrogen) atoms. The number of hydrogen-bond donors (Lipinski definition) is 0. The summed E-state index contributed by atoms with van der Waals surface area (Å²) < 4.78 is 2.58. The first kappa shape index (κ1) is 22.1. The molecule has 0 radical (unpaired) electrons. The third-order valence-electron chi connectivity index (χ3n) is 7.06. The second kappa shape index (κ2) is 8.85. The van der Waals surface area contributed by atoms with E-state index in [1.54, 1.807) is 0 Å². The summed E-state index contributed by atoms with van der Waals surface area (Å²) in [6.45, 7) is 16.2. The summed E-state index contributed by atoms with van der Waals surface area (Å²) >= 11 is 0.996. The fourth-order valence-corrected chi connectivity index (χ4v) is 4.54. The summed E-state index contributed by atoms with van der Waals surface area (Å²) in [4.78, 5) is 0. The van der Waals surface area contributed by atoms with Crippen LogP contribution in [0.5, 0.6) is 0 Å². The molecule has 0 aliphatic rings. The van der Waals surface area contributed by atoms with E-state index in [1.807, 2.05) is 0 Å². The van der Waals surface area contributed by atoms with E-state index in [4.69, 9.17) is 0 Å². The highest BCUT2D eigenvalue weighted by Gasteiger charge is 2.29. The van der Waals surface area contributed by atoms with Crippen molar-refractivity contribution in [2.24, 2.45) is 0 Å². The highest BCUT2D eigenvalue weighted by atomic mass is 27.1. The fourth-order valence-electron chi connectivity index (χ4n) is 3.67. The summed E-state index contributed by atoms with van der Waals surface area (Å²) in [5.41, 5.74) is 5.93. The number of benzene rings is 2. The van der Waals surface area contributed by atoms with Crippen LogP contribution in [0.25, 0.3) is 0 Å². The molecule has 0 N–H and O–H groups in total. The van der Waals surface area contributed by atoms with Gasteiger partial charge in [-0.3, -0.25) is 0 Å². The molecule has 0 heterocycles. The lowest BCUT2D eigenvalue weighted by atomic mass is 9.82. The van der Waals surface area contributed by atoms with Crippen LogP contribution in [0.3, 0.4) is 0 Å². The van der Waals surface area contributed by atoms with Crippen molar-refractivity contribution >= 4 is 22.2 Å². The van der Waals surface area contributed by atoms with Gasteiger partial charge in [0.1, 0.15) is 0 Å². The average molecular weight is 380 g/mol. The van der Waals surface area contributed by atoms with E-state index < -0.39 is 0 Å². The molecule has 0 fully saturated rings. The zero-order valence-corrected chi connectivity index (χ0v) is 20.8. The molecule has 0 aliphatic heterocycles. The first-order valence-corrected chi connectivity index (χ1v) is 11.5. The third kappa shape index (κ3) is 4.61. The molecule has 2 aromatic carbocycles. The Labute approximate surface area is 175 Å². The zero-order valence-electron chi connectivity index (χ0n) is 18.8. The number of rotatable bonds is 8. The van der Waals surface area contributed by atoms with E-state index in [2.05, 4.69) is 101 Å². The molecular formula is C25H38AlN. The second-order valence-electron chi connectivity index (χ2n) is 8.90. The Morgan fingerprint density at radius 2 is 1.33 bits per heavy atom. The quantitative estimate of drug-likeness (QED) is 0.469. The molecule has 0 spiro atoms. The molecule has 2 aromatic rings. The van der Waals surface area contributed by atoms with Crippen molar-refractivity contribution in [3.63, 3.8) is 0 Å². The van der Waals surface area contributed by atoms with Crippen LogP contribution in [0, 0.1) is 0 Å². The molecule has 2 heteroatoms. The highest BCUT2D eigenvalue weighted by molar-refractivity contribution is 6.18. The Hall–Kier alpha value is -1.23. The number of anilines is 1. The fraction of sp³-hybridized carbons (Fsp3) is 0.520. The second-order valence-corrected chi connectivity index (χ2v) is 9.80. The monoisotopic (exact) mass is 379 g/mol. The van der Waals surface area contributed by atoms with Crippen LogP contribution in [-0.2, 0) is 11.0 Å². The van der Waals surface area contributed by atoms with E-state index in [9.17, 15) is 0 Å². The lowest BCUT2D eigenvalue weighted by molar-refractivity contribution is 0.481. The van der Waals surface area contributed by atoms with Gasteiger partial charge in [0.15, 0.2) is 0 Å². The molecular weight excluding hydrogens is 341 g/mol. The van der Waals surface area contributed by atoms with Crippen molar-refractivity contribution in [3.8, 4) is 0 Å². The van der Waals surface area contributed by atoms with Gasteiger partial charge in [-0.05, 0) is 66.3 Å². The lowest BCUT2D eigenvalue weighted by Crippen LogP contribution is -2.42. The van der Waals surface area contributed by atoms with E-state index in [1.165, 1.54) is 28.8 Å². The Bertz CT molecular complexity index is 717. The van der Waals surface area contributed by atoms with E-state index in [0.717, 1.165) is 29.4 Å². The lowest BCUT2D eigenvalue weighted by Gasteiger charge is -2.43. The Kier molecular flexibility index (Phi) is 7.23. The van der Waals surface area contributed by atoms with Crippen molar-refractivity contribution < 1.29 is 0 Å². The van der Waals surface area contributed by atoms with Crippen LogP contribution in [-0.4, -0.2) is 16.5 Å². The smallest absolute Gasteiger partial charge is 0.364 e. The average Bonchev–Trinajstić information content (AvgIpc) is 2.72. The van der Waals surface area contributed by atoms with E-state index in [0.29, 0.717) is 5.92 Å². The van der Waals surface area contributed by atoms with Crippen molar-refractivity contribution in [2.75, 3.05) is 3.88 Å². The van der Waals surface area contributed by atoms with Crippen LogP contribution < -0.4 is 3.88 Å². The van der Waals surface area contributed by atoms with Gasteiger partial charge < -0.3 is 3.88 Å². The Balaban J connectivity index is 2.32. The molecule has 2 rings (SSSR count). The van der Waals surface area contributed by atoms with Crippen LogP contribution in [0.15, 0.2) is 48.5 Å². The molecule has 146 valence electrons. The van der Waals surface area contributed by atoms with Gasteiger partial charge in [-0.25, -0.2) is 0 Å². The molecule has 0 amide bonds. The first-order chi connectivity index (χ1) is 12.7. The van der Waals surface area contributed by atoms with Crippen molar-refractivity contribution in [2.45, 2.75) is 84.6 Å². The molecule has 0 saturated heterocycles. The summed E-state index contributed by atoms with van der Waals surface area (Å²) in [7, 11) is 0. The van der Waals surface area contributed by atoms with Crippen LogP contribution in [0.2, 0.25) is 0 Å². The van der Waals surface area contributed by atoms with Crippen LogP contribution >= 0.6 is 0 Å². The van der Waals surface area contributed by atoms with Gasteiger partial charge >= 0.3 is 16.5 Å². The summed E-state index contributed by atoms with van der Waals surface area (Å²) in [5.74, 6) is 0.633. The SMILES string of the molecule is CCC(C)c1ccc(C(C)(CC)[N]([AlH2])c2ccc(C(C)(C)CC)cc2)cc1. The molecule has 0 bridgehead atoms. The Morgan fingerprint density at radius 3 is 1.78 bits per heavy atom. The van der Waals surface area contributed by atoms with Crippen LogP contribution in [0.4, 0.5) is 5.69 Å². The summed E-state index contributed by atoms with van der Waals surface area (Å²) in [6, 6.07) is 18.7. The third-order valence-corrected chi connectivity index (χ3v) is 8.57. The topological polar surface area (TPSA) is 3.24 Å². The Morgan fingerprint density at radius 1 is 0.815 bits per heavy atom. The van der Waals surface area contributed by atoms with Crippen molar-refractivity contribution in [1.29, 1.82) is 0 Å². The van der Waals surface area contributed by atoms with Gasteiger partial charge in [0, 0.05) is 11.2 Å². The van der Waals surface area contributed by atoms with Gasteiger partial charge in [-0.2, -0.15) is 0 Å². The first-order valence-electron chi connectivity index (χ1n) is 10.6. The summed E-state index contributed by atoms with van der Waals surface area (Å²) in [5, 5.41) is 0. The molecule has 0 saturated carbocycles. The highest BCUT2D eigenvalue weighted by Crippen LogP contribution is 2.36. The standard InChI is InChI=1S/C25H36N.Al.2H/c1-8-19(4)20-11-13-22(14-12-20)25(7,10-3)26-23-17-15-21(16-18-23)24(5,6)9-2;;;/h11-19H,8-10H2,1-7H3;;;/q-1;+1;;. The molecule has 0 aliphatic carbocycles. The largest absolute Gasteiger partial charge is 0.461 e. The minimum atomic E-state index is 0.0436. The minimum Gasteiger partial charge on any atom is -0.461 e. The van der Waals surface area contributed by atoms with E-state index >= 15 is 0 Å². The maximum atomic E-state index is 2.58. The van der Waals surface area contributed by atoms with Gasteiger partial charge in [0.05, 0.1) is 0 Å². The summed E-state index contributed by atoms with van der Waals surface area (Å²) in [6.07, 6.45) is 3.45. The van der Waals surface area contributed by atoms with Crippen molar-refractivity contribution in [3.05, 3.63) is 65.2 Å². The van der Waals surface area contributed by atoms with Gasteiger partial charge in [-0.1, -0.05) is 77.9 Å². The van der Waals surface area contributed by atoms with Gasteiger partial charge in [-0.15, -0.1) is 0 Å². The molecule has 0 aromatic heterocycles. The number of nitrogens with zero attached hydrogens (tertiary/aromatic N) is 1. The normalized spacial score (nSPS) is 15.2.